The van der Waals surface area contributed by atoms with Crippen LogP contribution in [0.4, 0.5) is 0 Å². The Kier molecular flexibility index (Phi) is 3.63. The van der Waals surface area contributed by atoms with Gasteiger partial charge in [0.1, 0.15) is 6.04 Å². The summed E-state index contributed by atoms with van der Waals surface area (Å²) in [6.45, 7) is 2.94. The molecule has 2 heterocycles. The molecule has 2 aliphatic rings. The molecule has 1 N–H and O–H groups in total. The van der Waals surface area contributed by atoms with Gasteiger partial charge in [-0.25, -0.2) is 0 Å². The van der Waals surface area contributed by atoms with Gasteiger partial charge in [-0.05, 0) is 49.1 Å². The summed E-state index contributed by atoms with van der Waals surface area (Å²) in [5, 5.41) is 11.6. The smallest absolute Gasteiger partial charge is 0.320 e. The molecule has 1 aliphatic carbocycles. The molecule has 3 rings (SSSR count). The lowest BCUT2D eigenvalue weighted by Crippen LogP contribution is -2.41. The molecule has 19 heavy (non-hydrogen) atoms. The van der Waals surface area contributed by atoms with Crippen molar-refractivity contribution in [2.24, 2.45) is 5.92 Å². The maximum Gasteiger partial charge on any atom is 0.320 e. The van der Waals surface area contributed by atoms with Crippen LogP contribution in [-0.2, 0) is 11.3 Å². The van der Waals surface area contributed by atoms with Crippen molar-refractivity contribution in [1.82, 2.24) is 4.90 Å². The van der Waals surface area contributed by atoms with Gasteiger partial charge in [0.25, 0.3) is 0 Å². The molecule has 0 amide bonds. The van der Waals surface area contributed by atoms with E-state index in [0.717, 1.165) is 13.0 Å². The minimum Gasteiger partial charge on any atom is -0.480 e. The fraction of sp³-hybridized carbons (Fsp3) is 0.667. The molecular weight excluding hydrogens is 258 g/mol. The van der Waals surface area contributed by atoms with Crippen LogP contribution >= 0.6 is 11.3 Å². The van der Waals surface area contributed by atoms with Crippen molar-refractivity contribution in [3.05, 3.63) is 21.9 Å². The lowest BCUT2D eigenvalue weighted by Gasteiger charge is -2.32. The number of aryl methyl sites for hydroxylation is 1. The molecule has 2 fully saturated rings. The number of rotatable bonds is 3. The molecule has 3 atom stereocenters. The van der Waals surface area contributed by atoms with Gasteiger partial charge >= 0.3 is 5.97 Å². The van der Waals surface area contributed by atoms with Crippen LogP contribution in [0.3, 0.4) is 0 Å². The van der Waals surface area contributed by atoms with Crippen LogP contribution < -0.4 is 0 Å². The first-order valence-corrected chi connectivity index (χ1v) is 8.06. The molecule has 1 aromatic rings. The zero-order valence-corrected chi connectivity index (χ0v) is 12.2. The Bertz CT molecular complexity index is 470. The van der Waals surface area contributed by atoms with E-state index in [2.05, 4.69) is 23.3 Å². The maximum absolute atomic E-state index is 11.5. The van der Waals surface area contributed by atoms with Gasteiger partial charge in [-0.1, -0.05) is 12.8 Å². The summed E-state index contributed by atoms with van der Waals surface area (Å²) >= 11 is 1.75. The Balaban J connectivity index is 1.82. The van der Waals surface area contributed by atoms with Crippen LogP contribution in [0.1, 0.15) is 42.5 Å². The Hall–Kier alpha value is -0.870. The molecule has 104 valence electrons. The van der Waals surface area contributed by atoms with E-state index in [9.17, 15) is 9.90 Å². The van der Waals surface area contributed by atoms with Gasteiger partial charge in [0.2, 0.25) is 0 Å². The second kappa shape index (κ2) is 5.25. The van der Waals surface area contributed by atoms with Crippen LogP contribution in [0, 0.1) is 12.8 Å². The highest BCUT2D eigenvalue weighted by Gasteiger charge is 2.45. The molecule has 0 aromatic carbocycles. The largest absolute Gasteiger partial charge is 0.480 e. The number of likely N-dealkylation sites (tertiary alicyclic amines) is 1. The Morgan fingerprint density at radius 1 is 1.47 bits per heavy atom. The van der Waals surface area contributed by atoms with Crippen LogP contribution in [0.25, 0.3) is 0 Å². The van der Waals surface area contributed by atoms with Crippen molar-refractivity contribution in [3.8, 4) is 0 Å². The lowest BCUT2D eigenvalue weighted by atomic mass is 9.85. The summed E-state index contributed by atoms with van der Waals surface area (Å²) in [5.74, 6) is -0.0290. The van der Waals surface area contributed by atoms with Gasteiger partial charge in [0.05, 0.1) is 0 Å². The average Bonchev–Trinajstić information content (AvgIpc) is 2.95. The van der Waals surface area contributed by atoms with Gasteiger partial charge in [0, 0.05) is 17.5 Å². The molecule has 0 radical (unpaired) electrons. The third-order valence-electron chi connectivity index (χ3n) is 4.80. The predicted molar refractivity (Wildman–Crippen MR) is 76.4 cm³/mol. The van der Waals surface area contributed by atoms with Gasteiger partial charge in [0.15, 0.2) is 0 Å². The summed E-state index contributed by atoms with van der Waals surface area (Å²) in [6.07, 6.45) is 5.78. The number of hydrogen-bond acceptors (Lipinski definition) is 3. The normalized spacial score (nSPS) is 31.3. The van der Waals surface area contributed by atoms with Gasteiger partial charge < -0.3 is 5.11 Å². The highest BCUT2D eigenvalue weighted by molar-refractivity contribution is 7.10. The van der Waals surface area contributed by atoms with Gasteiger partial charge in [-0.3, -0.25) is 9.69 Å². The first-order valence-electron chi connectivity index (χ1n) is 7.18. The van der Waals surface area contributed by atoms with Crippen LogP contribution in [-0.4, -0.2) is 28.1 Å². The van der Waals surface area contributed by atoms with Crippen molar-refractivity contribution in [1.29, 1.82) is 0 Å². The molecule has 1 saturated heterocycles. The lowest BCUT2D eigenvalue weighted by molar-refractivity contribution is -0.142. The van der Waals surface area contributed by atoms with Crippen molar-refractivity contribution in [2.45, 2.75) is 57.7 Å². The van der Waals surface area contributed by atoms with E-state index in [-0.39, 0.29) is 6.04 Å². The number of aliphatic carboxylic acids is 1. The molecule has 1 aromatic heterocycles. The van der Waals surface area contributed by atoms with E-state index in [1.807, 2.05) is 0 Å². The van der Waals surface area contributed by atoms with Crippen LogP contribution in [0.15, 0.2) is 11.4 Å². The fourth-order valence-corrected chi connectivity index (χ4v) is 4.67. The average molecular weight is 279 g/mol. The number of carboxylic acid groups (broad SMARTS) is 1. The van der Waals surface area contributed by atoms with Gasteiger partial charge in [-0.2, -0.15) is 0 Å². The van der Waals surface area contributed by atoms with E-state index in [1.165, 1.54) is 36.1 Å². The fourth-order valence-electron chi connectivity index (χ4n) is 3.75. The summed E-state index contributed by atoms with van der Waals surface area (Å²) in [5.41, 5.74) is 1.30. The standard InChI is InChI=1S/C15H21NO2S/c1-10-6-7-19-14(10)9-16-12-5-3-2-4-11(12)8-13(16)15(17)18/h6-7,11-13H,2-5,8-9H2,1H3,(H,17,18). The van der Waals surface area contributed by atoms with E-state index in [0.29, 0.717) is 12.0 Å². The molecular formula is C15H21NO2S. The number of nitrogens with zero attached hydrogens (tertiary/aromatic N) is 1. The maximum atomic E-state index is 11.5. The summed E-state index contributed by atoms with van der Waals surface area (Å²) in [7, 11) is 0. The SMILES string of the molecule is Cc1ccsc1CN1C(C(=O)O)CC2CCCCC21. The number of fused-ring (bicyclic) bond motifs is 1. The molecule has 0 bridgehead atoms. The third kappa shape index (κ3) is 2.43. The molecule has 0 spiro atoms. The van der Waals surface area contributed by atoms with Crippen molar-refractivity contribution in [3.63, 3.8) is 0 Å². The van der Waals surface area contributed by atoms with Crippen molar-refractivity contribution >= 4 is 17.3 Å². The first-order chi connectivity index (χ1) is 9.16. The monoisotopic (exact) mass is 279 g/mol. The highest BCUT2D eigenvalue weighted by atomic mass is 32.1. The van der Waals surface area contributed by atoms with E-state index in [4.69, 9.17) is 0 Å². The highest BCUT2D eigenvalue weighted by Crippen LogP contribution is 2.41. The minimum absolute atomic E-state index is 0.269. The van der Waals surface area contributed by atoms with E-state index >= 15 is 0 Å². The predicted octanol–water partition coefficient (Wildman–Crippen LogP) is 3.27. The zero-order valence-electron chi connectivity index (χ0n) is 11.3. The Morgan fingerprint density at radius 3 is 2.95 bits per heavy atom. The molecule has 4 heteroatoms. The number of hydrogen-bond donors (Lipinski definition) is 1. The van der Waals surface area contributed by atoms with Crippen LogP contribution in [0.2, 0.25) is 0 Å². The van der Waals surface area contributed by atoms with Crippen LogP contribution in [0.5, 0.6) is 0 Å². The molecule has 3 unspecified atom stereocenters. The van der Waals surface area contributed by atoms with E-state index < -0.39 is 5.97 Å². The van der Waals surface area contributed by atoms with E-state index in [1.54, 1.807) is 11.3 Å². The Labute approximate surface area is 118 Å². The summed E-state index contributed by atoms with van der Waals surface area (Å²) < 4.78 is 0. The number of carboxylic acids is 1. The Morgan fingerprint density at radius 2 is 2.26 bits per heavy atom. The summed E-state index contributed by atoms with van der Waals surface area (Å²) in [6, 6.07) is 2.36. The quantitative estimate of drug-likeness (QED) is 0.923. The number of thiophene rings is 1. The molecule has 3 nitrogen and oxygen atoms in total. The topological polar surface area (TPSA) is 40.5 Å². The first kappa shape index (κ1) is 13.1. The molecule has 1 saturated carbocycles. The molecule has 1 aliphatic heterocycles. The second-order valence-electron chi connectivity index (χ2n) is 5.90. The van der Waals surface area contributed by atoms with Gasteiger partial charge in [-0.15, -0.1) is 11.3 Å². The number of carbonyl (C=O) groups is 1. The summed E-state index contributed by atoms with van der Waals surface area (Å²) in [4.78, 5) is 15.1. The zero-order chi connectivity index (χ0) is 13.4. The second-order valence-corrected chi connectivity index (χ2v) is 6.90. The minimum atomic E-state index is -0.636. The van der Waals surface area contributed by atoms with Crippen molar-refractivity contribution < 1.29 is 9.90 Å². The van der Waals surface area contributed by atoms with Crippen molar-refractivity contribution in [2.75, 3.05) is 0 Å². The third-order valence-corrected chi connectivity index (χ3v) is 5.81.